The van der Waals surface area contributed by atoms with Crippen LogP contribution in [0.2, 0.25) is 0 Å². The largest absolute Gasteiger partial charge is 0.497 e. The molecule has 1 aliphatic heterocycles. The molecule has 0 radical (unpaired) electrons. The third kappa shape index (κ3) is 1.84. The van der Waals surface area contributed by atoms with Crippen LogP contribution >= 0.6 is 0 Å². The average molecular weight is 234 g/mol. The van der Waals surface area contributed by atoms with Crippen LogP contribution in [0.15, 0.2) is 18.2 Å². The normalized spacial score (nSPS) is 16.8. The lowest BCUT2D eigenvalue weighted by molar-refractivity contribution is -0.120. The maximum Gasteiger partial charge on any atom is 0.250 e. The predicted octanol–water partition coefficient (Wildman–Crippen LogP) is 2.62. The number of methoxy groups -OCH3 is 1. The summed E-state index contributed by atoms with van der Waals surface area (Å²) >= 11 is 0. The van der Waals surface area contributed by atoms with E-state index in [4.69, 9.17) is 4.74 Å². The van der Waals surface area contributed by atoms with Crippen LogP contribution in [0.5, 0.6) is 5.75 Å². The predicted molar refractivity (Wildman–Crippen MR) is 68.6 cm³/mol. The van der Waals surface area contributed by atoms with Gasteiger partial charge in [0.15, 0.2) is 0 Å². The van der Waals surface area contributed by atoms with Crippen LogP contribution in [-0.4, -0.2) is 18.6 Å². The molecule has 0 bridgehead atoms. The first-order valence-electron chi connectivity index (χ1n) is 5.93. The van der Waals surface area contributed by atoms with E-state index < -0.39 is 5.54 Å². The number of hydrogen-bond donors (Lipinski definition) is 2. The molecular formula is C13H18N2O2. The Morgan fingerprint density at radius 1 is 1.24 bits per heavy atom. The van der Waals surface area contributed by atoms with Crippen molar-refractivity contribution in [1.29, 1.82) is 0 Å². The van der Waals surface area contributed by atoms with Crippen LogP contribution in [-0.2, 0) is 4.79 Å². The Bertz CT molecular complexity index is 439. The van der Waals surface area contributed by atoms with Crippen molar-refractivity contribution in [3.05, 3.63) is 18.2 Å². The lowest BCUT2D eigenvalue weighted by Gasteiger charge is -2.37. The zero-order valence-electron chi connectivity index (χ0n) is 10.5. The van der Waals surface area contributed by atoms with Gasteiger partial charge in [-0.15, -0.1) is 0 Å². The molecule has 1 heterocycles. The second kappa shape index (κ2) is 4.28. The number of fused-ring (bicyclic) bond motifs is 1. The van der Waals surface area contributed by atoms with Crippen molar-refractivity contribution in [3.8, 4) is 5.75 Å². The lowest BCUT2D eigenvalue weighted by Crippen LogP contribution is -2.51. The Balaban J connectivity index is 2.41. The maximum atomic E-state index is 12.1. The highest BCUT2D eigenvalue weighted by molar-refractivity contribution is 6.06. The van der Waals surface area contributed by atoms with Crippen molar-refractivity contribution in [1.82, 2.24) is 0 Å². The first-order valence-corrected chi connectivity index (χ1v) is 5.93. The molecule has 0 fully saturated rings. The third-order valence-corrected chi connectivity index (χ3v) is 3.49. The summed E-state index contributed by atoms with van der Waals surface area (Å²) in [6.45, 7) is 4.03. The highest BCUT2D eigenvalue weighted by Crippen LogP contribution is 2.36. The second-order valence-electron chi connectivity index (χ2n) is 4.28. The fraction of sp³-hybridized carbons (Fsp3) is 0.462. The van der Waals surface area contributed by atoms with Gasteiger partial charge in [-0.1, -0.05) is 13.8 Å². The molecule has 1 aliphatic rings. The van der Waals surface area contributed by atoms with E-state index in [1.54, 1.807) is 7.11 Å². The summed E-state index contributed by atoms with van der Waals surface area (Å²) in [5.41, 5.74) is 1.24. The first kappa shape index (κ1) is 11.8. The number of carbonyl (C=O) groups excluding carboxylic acids is 1. The minimum absolute atomic E-state index is 0.0418. The summed E-state index contributed by atoms with van der Waals surface area (Å²) in [7, 11) is 1.63. The summed E-state index contributed by atoms with van der Waals surface area (Å²) in [6, 6.07) is 5.61. The summed E-state index contributed by atoms with van der Waals surface area (Å²) in [4.78, 5) is 12.1. The summed E-state index contributed by atoms with van der Waals surface area (Å²) in [6.07, 6.45) is 1.51. The number of rotatable bonds is 3. The van der Waals surface area contributed by atoms with Crippen LogP contribution < -0.4 is 15.4 Å². The molecule has 1 amide bonds. The lowest BCUT2D eigenvalue weighted by atomic mass is 9.89. The van der Waals surface area contributed by atoms with E-state index in [-0.39, 0.29) is 5.91 Å². The molecule has 1 aromatic rings. The van der Waals surface area contributed by atoms with Crippen molar-refractivity contribution < 1.29 is 9.53 Å². The number of anilines is 2. The van der Waals surface area contributed by atoms with Crippen LogP contribution in [0.1, 0.15) is 26.7 Å². The molecule has 0 aromatic heterocycles. The van der Waals surface area contributed by atoms with Gasteiger partial charge in [-0.05, 0) is 25.0 Å². The fourth-order valence-electron chi connectivity index (χ4n) is 2.17. The molecule has 4 nitrogen and oxygen atoms in total. The molecule has 0 atom stereocenters. The zero-order valence-corrected chi connectivity index (χ0v) is 10.5. The molecule has 4 heteroatoms. The quantitative estimate of drug-likeness (QED) is 0.845. The Labute approximate surface area is 101 Å². The molecular weight excluding hydrogens is 216 g/mol. The van der Waals surface area contributed by atoms with Gasteiger partial charge in [-0.2, -0.15) is 0 Å². The molecule has 2 N–H and O–H groups in total. The van der Waals surface area contributed by atoms with E-state index >= 15 is 0 Å². The molecule has 92 valence electrons. The number of amides is 1. The van der Waals surface area contributed by atoms with E-state index in [1.807, 2.05) is 32.0 Å². The standard InChI is InChI=1S/C13H18N2O2/c1-4-13(5-2)12(16)14-10-7-6-9(17-3)8-11(10)15-13/h6-8,15H,4-5H2,1-3H3,(H,14,16). The number of hydrogen-bond acceptors (Lipinski definition) is 3. The van der Waals surface area contributed by atoms with Gasteiger partial charge in [0, 0.05) is 6.07 Å². The van der Waals surface area contributed by atoms with Gasteiger partial charge in [0.1, 0.15) is 11.3 Å². The minimum Gasteiger partial charge on any atom is -0.497 e. The maximum absolute atomic E-state index is 12.1. The average Bonchev–Trinajstić information content (AvgIpc) is 2.37. The van der Waals surface area contributed by atoms with Crippen molar-refractivity contribution in [2.24, 2.45) is 0 Å². The van der Waals surface area contributed by atoms with Gasteiger partial charge in [0.2, 0.25) is 5.91 Å². The molecule has 0 saturated heterocycles. The first-order chi connectivity index (χ1) is 8.15. The van der Waals surface area contributed by atoms with Crippen LogP contribution in [0, 0.1) is 0 Å². The SMILES string of the molecule is CCC1(CC)Nc2cc(OC)ccc2NC1=O. The topological polar surface area (TPSA) is 50.4 Å². The summed E-state index contributed by atoms with van der Waals surface area (Å²) in [5, 5.41) is 6.29. The molecule has 0 unspecified atom stereocenters. The smallest absolute Gasteiger partial charge is 0.250 e. The van der Waals surface area contributed by atoms with E-state index in [1.165, 1.54) is 0 Å². The monoisotopic (exact) mass is 234 g/mol. The summed E-state index contributed by atoms with van der Waals surface area (Å²) < 4.78 is 5.19. The van der Waals surface area contributed by atoms with Crippen LogP contribution in [0.25, 0.3) is 0 Å². The Morgan fingerprint density at radius 3 is 2.53 bits per heavy atom. The molecule has 1 aromatic carbocycles. The molecule has 2 rings (SSSR count). The van der Waals surface area contributed by atoms with E-state index in [9.17, 15) is 4.79 Å². The zero-order chi connectivity index (χ0) is 12.5. The molecule has 0 aliphatic carbocycles. The van der Waals surface area contributed by atoms with Crippen molar-refractivity contribution in [3.63, 3.8) is 0 Å². The highest BCUT2D eigenvalue weighted by Gasteiger charge is 2.38. The van der Waals surface area contributed by atoms with Gasteiger partial charge in [-0.3, -0.25) is 4.79 Å². The van der Waals surface area contributed by atoms with Gasteiger partial charge < -0.3 is 15.4 Å². The number of ether oxygens (including phenoxy) is 1. The second-order valence-corrected chi connectivity index (χ2v) is 4.28. The molecule has 17 heavy (non-hydrogen) atoms. The summed E-state index contributed by atoms with van der Waals surface area (Å²) in [5.74, 6) is 0.827. The number of benzene rings is 1. The minimum atomic E-state index is -0.501. The van der Waals surface area contributed by atoms with E-state index in [0.717, 1.165) is 30.0 Å². The van der Waals surface area contributed by atoms with Crippen LogP contribution in [0.3, 0.4) is 0 Å². The Hall–Kier alpha value is -1.71. The Kier molecular flexibility index (Phi) is 2.96. The van der Waals surface area contributed by atoms with E-state index in [0.29, 0.717) is 0 Å². The van der Waals surface area contributed by atoms with Gasteiger partial charge >= 0.3 is 0 Å². The van der Waals surface area contributed by atoms with E-state index in [2.05, 4.69) is 10.6 Å². The number of carbonyl (C=O) groups is 1. The van der Waals surface area contributed by atoms with Crippen molar-refractivity contribution >= 4 is 17.3 Å². The highest BCUT2D eigenvalue weighted by atomic mass is 16.5. The Morgan fingerprint density at radius 2 is 1.94 bits per heavy atom. The molecule has 0 spiro atoms. The third-order valence-electron chi connectivity index (χ3n) is 3.49. The van der Waals surface area contributed by atoms with Crippen molar-refractivity contribution in [2.45, 2.75) is 32.2 Å². The number of nitrogens with one attached hydrogen (secondary N) is 2. The van der Waals surface area contributed by atoms with Crippen LogP contribution in [0.4, 0.5) is 11.4 Å². The van der Waals surface area contributed by atoms with Crippen molar-refractivity contribution in [2.75, 3.05) is 17.7 Å². The van der Waals surface area contributed by atoms with Gasteiger partial charge in [0.05, 0.1) is 18.5 Å². The van der Waals surface area contributed by atoms with Gasteiger partial charge in [0.25, 0.3) is 0 Å². The van der Waals surface area contributed by atoms with Gasteiger partial charge in [-0.25, -0.2) is 0 Å². The fourth-order valence-corrected chi connectivity index (χ4v) is 2.17. The molecule has 0 saturated carbocycles.